The number of piperidine rings is 1. The van der Waals surface area contributed by atoms with E-state index in [9.17, 15) is 5.11 Å². The van der Waals surface area contributed by atoms with Crippen LogP contribution in [0, 0.1) is 0 Å². The summed E-state index contributed by atoms with van der Waals surface area (Å²) in [5.74, 6) is 0. The zero-order valence-electron chi connectivity index (χ0n) is 9.69. The van der Waals surface area contributed by atoms with Crippen molar-refractivity contribution in [2.75, 3.05) is 20.2 Å². The van der Waals surface area contributed by atoms with E-state index in [1.807, 2.05) is 0 Å². The van der Waals surface area contributed by atoms with E-state index in [1.54, 1.807) is 7.11 Å². The maximum atomic E-state index is 10.00. The van der Waals surface area contributed by atoms with Gasteiger partial charge in [-0.2, -0.15) is 0 Å². The predicted molar refractivity (Wildman–Crippen MR) is 59.9 cm³/mol. The lowest BCUT2D eigenvalue weighted by atomic mass is 9.90. The molecule has 0 amide bonds. The van der Waals surface area contributed by atoms with Gasteiger partial charge in [0.05, 0.1) is 12.2 Å². The fraction of sp³-hybridized carbons (Fsp3) is 1.00. The van der Waals surface area contributed by atoms with Gasteiger partial charge in [0.25, 0.3) is 0 Å². The van der Waals surface area contributed by atoms with Crippen molar-refractivity contribution in [1.82, 2.24) is 4.90 Å². The normalized spacial score (nSPS) is 39.2. The van der Waals surface area contributed by atoms with Crippen molar-refractivity contribution in [1.29, 1.82) is 0 Å². The molecular weight excluding hydrogens is 190 g/mol. The Hall–Kier alpha value is -0.120. The van der Waals surface area contributed by atoms with Crippen molar-refractivity contribution in [2.24, 2.45) is 0 Å². The molecule has 2 rings (SSSR count). The van der Waals surface area contributed by atoms with Crippen molar-refractivity contribution in [2.45, 2.75) is 56.8 Å². The van der Waals surface area contributed by atoms with Gasteiger partial charge in [0, 0.05) is 19.7 Å². The number of likely N-dealkylation sites (tertiary alicyclic amines) is 1. The Bertz CT molecular complexity index is 198. The number of hydrogen-bond acceptors (Lipinski definition) is 3. The molecule has 1 saturated heterocycles. The zero-order valence-corrected chi connectivity index (χ0v) is 9.69. The Morgan fingerprint density at radius 2 is 1.93 bits per heavy atom. The molecule has 0 aromatic heterocycles. The number of aliphatic hydroxyl groups is 1. The van der Waals surface area contributed by atoms with E-state index in [-0.39, 0.29) is 6.10 Å². The minimum atomic E-state index is -0.102. The van der Waals surface area contributed by atoms with Crippen molar-refractivity contribution in [3.05, 3.63) is 0 Å². The van der Waals surface area contributed by atoms with E-state index < -0.39 is 0 Å². The second kappa shape index (κ2) is 5.28. The molecule has 3 atom stereocenters. The van der Waals surface area contributed by atoms with Gasteiger partial charge in [-0.3, -0.25) is 4.90 Å². The molecule has 0 radical (unpaired) electrons. The van der Waals surface area contributed by atoms with E-state index in [0.717, 1.165) is 25.9 Å². The van der Waals surface area contributed by atoms with Crippen LogP contribution < -0.4 is 0 Å². The van der Waals surface area contributed by atoms with Crippen LogP contribution in [-0.4, -0.2) is 48.5 Å². The first-order chi connectivity index (χ1) is 7.31. The molecule has 2 aliphatic rings. The molecule has 0 bridgehead atoms. The molecule has 1 heterocycles. The van der Waals surface area contributed by atoms with Crippen molar-refractivity contribution in [3.8, 4) is 0 Å². The predicted octanol–water partition coefficient (Wildman–Crippen LogP) is 1.40. The lowest BCUT2D eigenvalue weighted by Crippen LogP contribution is -2.51. The molecule has 0 aromatic carbocycles. The van der Waals surface area contributed by atoms with Crippen LogP contribution in [0.5, 0.6) is 0 Å². The second-order valence-corrected chi connectivity index (χ2v) is 4.91. The van der Waals surface area contributed by atoms with Crippen LogP contribution in [0.15, 0.2) is 0 Å². The van der Waals surface area contributed by atoms with Gasteiger partial charge in [0.2, 0.25) is 0 Å². The summed E-state index contributed by atoms with van der Waals surface area (Å²) in [5, 5.41) is 10.00. The average molecular weight is 213 g/mol. The highest BCUT2D eigenvalue weighted by atomic mass is 16.5. The van der Waals surface area contributed by atoms with E-state index in [4.69, 9.17) is 4.74 Å². The fourth-order valence-electron chi connectivity index (χ4n) is 2.98. The van der Waals surface area contributed by atoms with Crippen molar-refractivity contribution >= 4 is 0 Å². The van der Waals surface area contributed by atoms with Crippen molar-refractivity contribution in [3.63, 3.8) is 0 Å². The van der Waals surface area contributed by atoms with E-state index in [2.05, 4.69) is 4.90 Å². The zero-order chi connectivity index (χ0) is 10.7. The van der Waals surface area contributed by atoms with Gasteiger partial charge in [-0.05, 0) is 32.2 Å². The fourth-order valence-corrected chi connectivity index (χ4v) is 2.98. The number of methoxy groups -OCH3 is 1. The number of rotatable bonds is 2. The Balaban J connectivity index is 1.90. The highest BCUT2D eigenvalue weighted by Gasteiger charge is 2.31. The average Bonchev–Trinajstić information content (AvgIpc) is 2.30. The lowest BCUT2D eigenvalue weighted by Gasteiger charge is -2.41. The van der Waals surface area contributed by atoms with Gasteiger partial charge in [-0.1, -0.05) is 12.8 Å². The van der Waals surface area contributed by atoms with Crippen LogP contribution in [0.2, 0.25) is 0 Å². The lowest BCUT2D eigenvalue weighted by molar-refractivity contribution is -0.0329. The van der Waals surface area contributed by atoms with Crippen LogP contribution in [0.1, 0.15) is 38.5 Å². The third kappa shape index (κ3) is 2.71. The quantitative estimate of drug-likeness (QED) is 0.752. The maximum Gasteiger partial charge on any atom is 0.0698 e. The molecule has 0 spiro atoms. The first kappa shape index (κ1) is 11.4. The smallest absolute Gasteiger partial charge is 0.0698 e. The molecule has 1 N–H and O–H groups in total. The molecule has 0 aromatic rings. The Morgan fingerprint density at radius 1 is 1.13 bits per heavy atom. The number of ether oxygens (including phenoxy) is 1. The van der Waals surface area contributed by atoms with Gasteiger partial charge in [-0.25, -0.2) is 0 Å². The molecule has 3 heteroatoms. The third-order valence-electron chi connectivity index (χ3n) is 3.91. The van der Waals surface area contributed by atoms with E-state index in [0.29, 0.717) is 12.1 Å². The Morgan fingerprint density at radius 3 is 2.67 bits per heavy atom. The molecular formula is C12H23NO2. The largest absolute Gasteiger partial charge is 0.391 e. The topological polar surface area (TPSA) is 32.7 Å². The highest BCUT2D eigenvalue weighted by molar-refractivity contribution is 4.86. The third-order valence-corrected chi connectivity index (χ3v) is 3.91. The summed E-state index contributed by atoms with van der Waals surface area (Å²) in [5.41, 5.74) is 0. The maximum absolute atomic E-state index is 10.00. The van der Waals surface area contributed by atoms with Gasteiger partial charge >= 0.3 is 0 Å². The summed E-state index contributed by atoms with van der Waals surface area (Å²) in [6, 6.07) is 0.400. The van der Waals surface area contributed by atoms with Crippen LogP contribution in [0.4, 0.5) is 0 Å². The molecule has 1 saturated carbocycles. The molecule has 88 valence electrons. The summed E-state index contributed by atoms with van der Waals surface area (Å²) < 4.78 is 5.42. The molecule has 1 aliphatic heterocycles. The first-order valence-electron chi connectivity index (χ1n) is 6.26. The minimum absolute atomic E-state index is 0.102. The van der Waals surface area contributed by atoms with Crippen LogP contribution in [-0.2, 0) is 4.74 Å². The molecule has 15 heavy (non-hydrogen) atoms. The van der Waals surface area contributed by atoms with Gasteiger partial charge in [-0.15, -0.1) is 0 Å². The summed E-state index contributed by atoms with van der Waals surface area (Å²) in [4.78, 5) is 2.45. The summed E-state index contributed by atoms with van der Waals surface area (Å²) in [7, 11) is 1.80. The molecule has 3 nitrogen and oxygen atoms in total. The Kier molecular flexibility index (Phi) is 4.00. The van der Waals surface area contributed by atoms with Crippen molar-refractivity contribution < 1.29 is 9.84 Å². The first-order valence-corrected chi connectivity index (χ1v) is 6.26. The standard InChI is InChI=1S/C12H23NO2/c1-15-10-5-4-8-13(9-10)11-6-2-3-7-12(11)14/h10-12,14H,2-9H2,1H3/t10?,11-,12-/m0/s1. The monoisotopic (exact) mass is 213 g/mol. The summed E-state index contributed by atoms with van der Waals surface area (Å²) in [6.45, 7) is 2.15. The van der Waals surface area contributed by atoms with Crippen LogP contribution in [0.3, 0.4) is 0 Å². The van der Waals surface area contributed by atoms with E-state index >= 15 is 0 Å². The molecule has 2 fully saturated rings. The van der Waals surface area contributed by atoms with E-state index in [1.165, 1.54) is 25.7 Å². The van der Waals surface area contributed by atoms with Crippen LogP contribution >= 0.6 is 0 Å². The van der Waals surface area contributed by atoms with Gasteiger partial charge in [0.1, 0.15) is 0 Å². The summed E-state index contributed by atoms with van der Waals surface area (Å²) >= 11 is 0. The molecule has 1 aliphatic carbocycles. The highest BCUT2D eigenvalue weighted by Crippen LogP contribution is 2.26. The van der Waals surface area contributed by atoms with Crippen LogP contribution in [0.25, 0.3) is 0 Å². The Labute approximate surface area is 92.4 Å². The van der Waals surface area contributed by atoms with Gasteiger partial charge < -0.3 is 9.84 Å². The SMILES string of the molecule is COC1CCCN([C@H]2CCCC[C@@H]2O)C1. The number of nitrogens with zero attached hydrogens (tertiary/aromatic N) is 1. The second-order valence-electron chi connectivity index (χ2n) is 4.91. The number of aliphatic hydroxyl groups excluding tert-OH is 1. The summed E-state index contributed by atoms with van der Waals surface area (Å²) in [6.07, 6.45) is 7.28. The molecule has 1 unspecified atom stereocenters. The number of hydrogen-bond donors (Lipinski definition) is 1. The minimum Gasteiger partial charge on any atom is -0.391 e. The van der Waals surface area contributed by atoms with Gasteiger partial charge in [0.15, 0.2) is 0 Å².